The number of hydrogen-bond acceptors (Lipinski definition) is 2. The summed E-state index contributed by atoms with van der Waals surface area (Å²) >= 11 is 0. The van der Waals surface area contributed by atoms with Crippen LogP contribution < -0.4 is 4.74 Å². The lowest BCUT2D eigenvalue weighted by Gasteiger charge is -2.09. The molecule has 2 rings (SSSR count). The summed E-state index contributed by atoms with van der Waals surface area (Å²) in [7, 11) is 0. The molecule has 2 aromatic carbocycles. The van der Waals surface area contributed by atoms with E-state index in [-0.39, 0.29) is 6.61 Å². The fourth-order valence-electron chi connectivity index (χ4n) is 1.64. The predicted molar refractivity (Wildman–Crippen MR) is 67.8 cm³/mol. The van der Waals surface area contributed by atoms with E-state index in [9.17, 15) is 13.9 Å². The summed E-state index contributed by atoms with van der Waals surface area (Å²) < 4.78 is 31.2. The van der Waals surface area contributed by atoms with Crippen LogP contribution in [0.15, 0.2) is 42.5 Å². The van der Waals surface area contributed by atoms with Crippen molar-refractivity contribution in [2.45, 2.75) is 19.6 Å². The van der Waals surface area contributed by atoms with Crippen molar-refractivity contribution < 1.29 is 18.6 Å². The predicted octanol–water partition coefficient (Wildman–Crippen LogP) is 3.60. The molecule has 0 aliphatic carbocycles. The zero-order valence-electron chi connectivity index (χ0n) is 10.4. The number of benzene rings is 2. The summed E-state index contributed by atoms with van der Waals surface area (Å²) in [6.07, 6.45) is -0.528. The summed E-state index contributed by atoms with van der Waals surface area (Å²) in [5.74, 6) is -1.15. The van der Waals surface area contributed by atoms with E-state index in [1.165, 1.54) is 6.07 Å². The monoisotopic (exact) mass is 264 g/mol. The van der Waals surface area contributed by atoms with E-state index in [2.05, 4.69) is 0 Å². The Labute approximate surface area is 110 Å². The number of aliphatic hydroxyl groups excluding tert-OH is 1. The van der Waals surface area contributed by atoms with Gasteiger partial charge in [0.05, 0.1) is 6.10 Å². The molecule has 0 bridgehead atoms. The van der Waals surface area contributed by atoms with E-state index in [4.69, 9.17) is 4.74 Å². The van der Waals surface area contributed by atoms with Gasteiger partial charge in [0.25, 0.3) is 0 Å². The highest BCUT2D eigenvalue weighted by Crippen LogP contribution is 2.18. The van der Waals surface area contributed by atoms with Crippen molar-refractivity contribution in [1.82, 2.24) is 0 Å². The SMILES string of the molecule is C[C@H](O)c1ccc(OCc2ccc(F)c(F)c2)cc1. The van der Waals surface area contributed by atoms with E-state index in [0.29, 0.717) is 11.3 Å². The van der Waals surface area contributed by atoms with Crippen LogP contribution in [0.1, 0.15) is 24.2 Å². The molecule has 4 heteroatoms. The number of aliphatic hydroxyl groups is 1. The Morgan fingerprint density at radius 3 is 2.32 bits per heavy atom. The zero-order valence-corrected chi connectivity index (χ0v) is 10.4. The molecule has 0 radical (unpaired) electrons. The third-order valence-electron chi connectivity index (χ3n) is 2.75. The van der Waals surface area contributed by atoms with Crippen molar-refractivity contribution in [2.75, 3.05) is 0 Å². The first-order chi connectivity index (χ1) is 9.06. The molecule has 1 N–H and O–H groups in total. The van der Waals surface area contributed by atoms with Crippen molar-refractivity contribution in [3.63, 3.8) is 0 Å². The Morgan fingerprint density at radius 1 is 1.05 bits per heavy atom. The molecule has 0 aromatic heterocycles. The van der Waals surface area contributed by atoms with Gasteiger partial charge in [-0.15, -0.1) is 0 Å². The van der Waals surface area contributed by atoms with Crippen LogP contribution >= 0.6 is 0 Å². The second-order valence-corrected chi connectivity index (χ2v) is 4.28. The van der Waals surface area contributed by atoms with Gasteiger partial charge >= 0.3 is 0 Å². The minimum atomic E-state index is -0.884. The Balaban J connectivity index is 2.00. The Kier molecular flexibility index (Phi) is 4.12. The van der Waals surface area contributed by atoms with Gasteiger partial charge in [-0.3, -0.25) is 0 Å². The molecule has 0 aliphatic rings. The molecule has 0 heterocycles. The summed E-state index contributed by atoms with van der Waals surface area (Å²) in [4.78, 5) is 0. The fourth-order valence-corrected chi connectivity index (χ4v) is 1.64. The van der Waals surface area contributed by atoms with Crippen LogP contribution in [0.25, 0.3) is 0 Å². The third-order valence-corrected chi connectivity index (χ3v) is 2.75. The van der Waals surface area contributed by atoms with Crippen LogP contribution in [0, 0.1) is 11.6 Å². The maximum absolute atomic E-state index is 13.0. The Hall–Kier alpha value is -1.94. The van der Waals surface area contributed by atoms with Crippen LogP contribution in [0.5, 0.6) is 5.75 Å². The maximum Gasteiger partial charge on any atom is 0.159 e. The van der Waals surface area contributed by atoms with Gasteiger partial charge in [-0.25, -0.2) is 8.78 Å². The van der Waals surface area contributed by atoms with Gasteiger partial charge in [-0.2, -0.15) is 0 Å². The van der Waals surface area contributed by atoms with Crippen LogP contribution in [0.4, 0.5) is 8.78 Å². The molecule has 0 saturated heterocycles. The van der Waals surface area contributed by atoms with Crippen molar-refractivity contribution in [1.29, 1.82) is 0 Å². The zero-order chi connectivity index (χ0) is 13.8. The third kappa shape index (κ3) is 3.51. The lowest BCUT2D eigenvalue weighted by molar-refractivity contribution is 0.199. The van der Waals surface area contributed by atoms with Crippen LogP contribution in [-0.4, -0.2) is 5.11 Å². The van der Waals surface area contributed by atoms with E-state index >= 15 is 0 Å². The van der Waals surface area contributed by atoms with Crippen molar-refractivity contribution >= 4 is 0 Å². The second-order valence-electron chi connectivity index (χ2n) is 4.28. The first kappa shape index (κ1) is 13.5. The average Bonchev–Trinajstić information content (AvgIpc) is 2.40. The lowest BCUT2D eigenvalue weighted by atomic mass is 10.1. The van der Waals surface area contributed by atoms with Gasteiger partial charge < -0.3 is 9.84 Å². The van der Waals surface area contributed by atoms with Gasteiger partial charge in [0, 0.05) is 0 Å². The maximum atomic E-state index is 13.0. The smallest absolute Gasteiger partial charge is 0.159 e. The molecule has 0 saturated carbocycles. The topological polar surface area (TPSA) is 29.5 Å². The molecule has 2 aromatic rings. The van der Waals surface area contributed by atoms with Gasteiger partial charge in [0.2, 0.25) is 0 Å². The molecule has 0 unspecified atom stereocenters. The van der Waals surface area contributed by atoms with E-state index in [0.717, 1.165) is 17.7 Å². The Bertz CT molecular complexity index is 551. The second kappa shape index (κ2) is 5.80. The van der Waals surface area contributed by atoms with Crippen molar-refractivity contribution in [3.05, 3.63) is 65.2 Å². The molecular weight excluding hydrogens is 250 g/mol. The van der Waals surface area contributed by atoms with E-state index < -0.39 is 17.7 Å². The minimum absolute atomic E-state index is 0.158. The molecule has 19 heavy (non-hydrogen) atoms. The average molecular weight is 264 g/mol. The quantitative estimate of drug-likeness (QED) is 0.914. The number of ether oxygens (including phenoxy) is 1. The summed E-state index contributed by atoms with van der Waals surface area (Å²) in [6.45, 7) is 1.84. The van der Waals surface area contributed by atoms with Crippen molar-refractivity contribution in [3.8, 4) is 5.75 Å². The normalized spacial score (nSPS) is 12.2. The summed E-state index contributed by atoms with van der Waals surface area (Å²) in [6, 6.07) is 10.6. The van der Waals surface area contributed by atoms with Crippen LogP contribution in [0.2, 0.25) is 0 Å². The van der Waals surface area contributed by atoms with Crippen LogP contribution in [-0.2, 0) is 6.61 Å². The highest BCUT2D eigenvalue weighted by molar-refractivity contribution is 5.28. The molecule has 2 nitrogen and oxygen atoms in total. The number of hydrogen-bond donors (Lipinski definition) is 1. The number of halogens is 2. The molecule has 100 valence electrons. The van der Waals surface area contributed by atoms with Gasteiger partial charge in [-0.1, -0.05) is 18.2 Å². The molecular formula is C15H14F2O2. The highest BCUT2D eigenvalue weighted by atomic mass is 19.2. The largest absolute Gasteiger partial charge is 0.489 e. The van der Waals surface area contributed by atoms with Crippen molar-refractivity contribution in [2.24, 2.45) is 0 Å². The number of rotatable bonds is 4. The minimum Gasteiger partial charge on any atom is -0.489 e. The first-order valence-electron chi connectivity index (χ1n) is 5.91. The molecule has 1 atom stereocenters. The lowest BCUT2D eigenvalue weighted by Crippen LogP contribution is -1.98. The van der Waals surface area contributed by atoms with E-state index in [1.54, 1.807) is 31.2 Å². The molecule has 0 amide bonds. The van der Waals surface area contributed by atoms with Gasteiger partial charge in [0.1, 0.15) is 12.4 Å². The highest BCUT2D eigenvalue weighted by Gasteiger charge is 2.04. The van der Waals surface area contributed by atoms with Gasteiger partial charge in [0.15, 0.2) is 11.6 Å². The first-order valence-corrected chi connectivity index (χ1v) is 5.91. The van der Waals surface area contributed by atoms with Gasteiger partial charge in [-0.05, 0) is 42.3 Å². The van der Waals surface area contributed by atoms with Crippen LogP contribution in [0.3, 0.4) is 0 Å². The summed E-state index contributed by atoms with van der Waals surface area (Å²) in [5.41, 5.74) is 1.35. The molecule has 0 fully saturated rings. The standard InChI is InChI=1S/C15H14F2O2/c1-10(18)12-3-5-13(6-4-12)19-9-11-2-7-14(16)15(17)8-11/h2-8,10,18H,9H2,1H3/t10-/m0/s1. The van der Waals surface area contributed by atoms with E-state index in [1.807, 2.05) is 0 Å². The molecule has 0 spiro atoms. The summed E-state index contributed by atoms with van der Waals surface area (Å²) in [5, 5.41) is 9.36. The molecule has 0 aliphatic heterocycles. The fraction of sp³-hybridized carbons (Fsp3) is 0.200. The Morgan fingerprint density at radius 2 is 1.74 bits per heavy atom.